The Morgan fingerprint density at radius 2 is 1.89 bits per heavy atom. The molecule has 0 fully saturated rings. The van der Waals surface area contributed by atoms with Gasteiger partial charge in [0.05, 0.1) is 21.4 Å². The van der Waals surface area contributed by atoms with Gasteiger partial charge >= 0.3 is 5.97 Å². The van der Waals surface area contributed by atoms with Crippen molar-refractivity contribution >= 4 is 52.1 Å². The highest BCUT2D eigenvalue weighted by Gasteiger charge is 2.24. The van der Waals surface area contributed by atoms with Crippen molar-refractivity contribution in [2.45, 2.75) is 20.0 Å². The topological polar surface area (TPSA) is 94.1 Å². The molecule has 10 heteroatoms. The van der Waals surface area contributed by atoms with Gasteiger partial charge in [-0.05, 0) is 32.0 Å². The summed E-state index contributed by atoms with van der Waals surface area (Å²) in [6.45, 7) is 3.14. The second-order valence-electron chi connectivity index (χ2n) is 5.64. The number of hydrogen-bond acceptors (Lipinski definition) is 7. The number of amides is 1. The Bertz CT molecular complexity index is 1030. The fourth-order valence-corrected chi connectivity index (χ4v) is 3.44. The minimum atomic E-state index is -1.06. The van der Waals surface area contributed by atoms with Crippen molar-refractivity contribution in [3.8, 4) is 10.8 Å². The average Bonchev–Trinajstić information content (AvgIpc) is 3.08. The lowest BCUT2D eigenvalue weighted by Gasteiger charge is -2.14. The van der Waals surface area contributed by atoms with Crippen LogP contribution in [0.4, 0.5) is 5.69 Å². The van der Waals surface area contributed by atoms with Crippen molar-refractivity contribution < 1.29 is 14.3 Å². The van der Waals surface area contributed by atoms with Crippen LogP contribution in [0.25, 0.3) is 10.8 Å². The molecule has 7 nitrogen and oxygen atoms in total. The molecule has 144 valence electrons. The minimum Gasteiger partial charge on any atom is -0.448 e. The first-order valence-corrected chi connectivity index (χ1v) is 9.64. The quantitative estimate of drug-likeness (QED) is 0.595. The SMILES string of the molecule is Cc1nc(-c2ncccn2)sc1C(=O)OC(C)C(=O)Nc1cccc(Cl)c1Cl. The van der Waals surface area contributed by atoms with Gasteiger partial charge in [-0.2, -0.15) is 0 Å². The Kier molecular flexibility index (Phi) is 6.23. The number of thiazole rings is 1. The zero-order chi connectivity index (χ0) is 20.3. The minimum absolute atomic E-state index is 0.210. The number of hydrogen-bond donors (Lipinski definition) is 1. The molecule has 3 aromatic rings. The van der Waals surface area contributed by atoms with Crippen LogP contribution in [0.5, 0.6) is 0 Å². The van der Waals surface area contributed by atoms with Gasteiger partial charge < -0.3 is 10.1 Å². The normalized spacial score (nSPS) is 11.7. The Morgan fingerprint density at radius 1 is 1.18 bits per heavy atom. The van der Waals surface area contributed by atoms with Gasteiger partial charge in [-0.15, -0.1) is 11.3 Å². The number of nitrogens with one attached hydrogen (secondary N) is 1. The van der Waals surface area contributed by atoms with Crippen LogP contribution in [-0.4, -0.2) is 32.9 Å². The lowest BCUT2D eigenvalue weighted by molar-refractivity contribution is -0.123. The van der Waals surface area contributed by atoms with Crippen LogP contribution in [0.1, 0.15) is 22.3 Å². The van der Waals surface area contributed by atoms with E-state index in [-0.39, 0.29) is 9.90 Å². The standard InChI is InChI=1S/C18H14Cl2N4O3S/c1-9-14(28-17(23-9)15-21-7-4-8-22-15)18(26)27-10(2)16(25)24-12-6-3-5-11(19)13(12)20/h3-8,10H,1-2H3,(H,24,25). The van der Waals surface area contributed by atoms with E-state index in [1.54, 1.807) is 43.6 Å². The van der Waals surface area contributed by atoms with E-state index >= 15 is 0 Å². The van der Waals surface area contributed by atoms with E-state index in [9.17, 15) is 9.59 Å². The summed E-state index contributed by atoms with van der Waals surface area (Å²) in [5.74, 6) is -0.778. The summed E-state index contributed by atoms with van der Waals surface area (Å²) in [6.07, 6.45) is 2.12. The van der Waals surface area contributed by atoms with Crippen LogP contribution < -0.4 is 5.32 Å². The Labute approximate surface area is 174 Å². The maximum absolute atomic E-state index is 12.5. The smallest absolute Gasteiger partial charge is 0.351 e. The van der Waals surface area contributed by atoms with Crippen molar-refractivity contribution in [2.75, 3.05) is 5.32 Å². The number of aryl methyl sites for hydroxylation is 1. The summed E-state index contributed by atoms with van der Waals surface area (Å²) in [5.41, 5.74) is 0.808. The number of ether oxygens (including phenoxy) is 1. The molecule has 1 atom stereocenters. The number of carbonyl (C=O) groups is 2. The molecule has 0 aliphatic rings. The second kappa shape index (κ2) is 8.64. The molecule has 28 heavy (non-hydrogen) atoms. The third-order valence-electron chi connectivity index (χ3n) is 3.60. The highest BCUT2D eigenvalue weighted by Crippen LogP contribution is 2.30. The number of carbonyl (C=O) groups excluding carboxylic acids is 2. The van der Waals surface area contributed by atoms with Crippen molar-refractivity contribution in [3.63, 3.8) is 0 Å². The molecule has 1 aromatic carbocycles. The molecule has 0 saturated heterocycles. The first kappa shape index (κ1) is 20.2. The molecule has 3 rings (SSSR count). The van der Waals surface area contributed by atoms with E-state index in [1.165, 1.54) is 6.92 Å². The molecule has 2 heterocycles. The number of halogens is 2. The van der Waals surface area contributed by atoms with Crippen LogP contribution in [0.2, 0.25) is 10.0 Å². The third-order valence-corrected chi connectivity index (χ3v) is 5.55. The number of nitrogens with zero attached hydrogens (tertiary/aromatic N) is 3. The highest BCUT2D eigenvalue weighted by molar-refractivity contribution is 7.16. The second-order valence-corrected chi connectivity index (χ2v) is 7.43. The monoisotopic (exact) mass is 436 g/mol. The van der Waals surface area contributed by atoms with Crippen molar-refractivity contribution in [2.24, 2.45) is 0 Å². The molecule has 1 N–H and O–H groups in total. The zero-order valence-electron chi connectivity index (χ0n) is 14.8. The number of benzene rings is 1. The van der Waals surface area contributed by atoms with Crippen molar-refractivity contribution in [1.29, 1.82) is 0 Å². The molecule has 0 aliphatic carbocycles. The summed E-state index contributed by atoms with van der Waals surface area (Å²) < 4.78 is 5.27. The van der Waals surface area contributed by atoms with Crippen LogP contribution >= 0.6 is 34.5 Å². The van der Waals surface area contributed by atoms with Gasteiger partial charge in [0.15, 0.2) is 16.9 Å². The molecular weight excluding hydrogens is 423 g/mol. The molecule has 0 aliphatic heterocycles. The van der Waals surface area contributed by atoms with Gasteiger partial charge in [0, 0.05) is 12.4 Å². The summed E-state index contributed by atoms with van der Waals surface area (Å²) in [5, 5.41) is 3.60. The van der Waals surface area contributed by atoms with E-state index in [0.29, 0.717) is 27.2 Å². The maximum atomic E-state index is 12.5. The van der Waals surface area contributed by atoms with Crippen molar-refractivity contribution in [3.05, 3.63) is 57.3 Å². The maximum Gasteiger partial charge on any atom is 0.351 e. The van der Waals surface area contributed by atoms with Crippen molar-refractivity contribution in [1.82, 2.24) is 15.0 Å². The van der Waals surface area contributed by atoms with Gasteiger partial charge in [-0.25, -0.2) is 19.7 Å². The lowest BCUT2D eigenvalue weighted by Crippen LogP contribution is -2.30. The number of rotatable bonds is 5. The summed E-state index contributed by atoms with van der Waals surface area (Å²) >= 11 is 13.1. The highest BCUT2D eigenvalue weighted by atomic mass is 35.5. The van der Waals surface area contributed by atoms with E-state index in [4.69, 9.17) is 27.9 Å². The van der Waals surface area contributed by atoms with Gasteiger partial charge in [0.2, 0.25) is 0 Å². The summed E-state index contributed by atoms with van der Waals surface area (Å²) in [4.78, 5) is 37.6. The van der Waals surface area contributed by atoms with Gasteiger partial charge in [-0.1, -0.05) is 29.3 Å². The van der Waals surface area contributed by atoms with E-state index < -0.39 is 18.0 Å². The Hall–Kier alpha value is -2.55. The van der Waals surface area contributed by atoms with Gasteiger partial charge in [0.25, 0.3) is 5.91 Å². The third kappa shape index (κ3) is 4.46. The molecular formula is C18H14Cl2N4O3S. The zero-order valence-corrected chi connectivity index (χ0v) is 17.1. The first-order chi connectivity index (χ1) is 13.4. The molecule has 0 bridgehead atoms. The molecule has 2 aromatic heterocycles. The molecule has 1 amide bonds. The summed E-state index contributed by atoms with van der Waals surface area (Å²) in [6, 6.07) is 6.53. The predicted molar refractivity (Wildman–Crippen MR) is 108 cm³/mol. The largest absolute Gasteiger partial charge is 0.448 e. The molecule has 0 spiro atoms. The fourth-order valence-electron chi connectivity index (χ4n) is 2.19. The van der Waals surface area contributed by atoms with Crippen LogP contribution in [0, 0.1) is 6.92 Å². The van der Waals surface area contributed by atoms with E-state index in [0.717, 1.165) is 11.3 Å². The van der Waals surface area contributed by atoms with Crippen LogP contribution in [0.3, 0.4) is 0 Å². The van der Waals surface area contributed by atoms with Crippen LogP contribution in [0.15, 0.2) is 36.7 Å². The fraction of sp³-hybridized carbons (Fsp3) is 0.167. The number of esters is 1. The Morgan fingerprint density at radius 3 is 2.61 bits per heavy atom. The van der Waals surface area contributed by atoms with Gasteiger partial charge in [-0.3, -0.25) is 4.79 Å². The molecule has 0 saturated carbocycles. The summed E-state index contributed by atoms with van der Waals surface area (Å²) in [7, 11) is 0. The average molecular weight is 437 g/mol. The van der Waals surface area contributed by atoms with Gasteiger partial charge in [0.1, 0.15) is 4.88 Å². The van der Waals surface area contributed by atoms with E-state index in [1.807, 2.05) is 0 Å². The first-order valence-electron chi connectivity index (χ1n) is 8.07. The van der Waals surface area contributed by atoms with E-state index in [2.05, 4.69) is 20.3 Å². The Balaban J connectivity index is 1.69. The molecule has 1 unspecified atom stereocenters. The lowest BCUT2D eigenvalue weighted by atomic mass is 10.3. The molecule has 0 radical (unpaired) electrons. The number of aromatic nitrogens is 3. The predicted octanol–water partition coefficient (Wildman–Crippen LogP) is 4.40. The van der Waals surface area contributed by atoms with Crippen LogP contribution in [-0.2, 0) is 9.53 Å². The number of anilines is 1.